The van der Waals surface area contributed by atoms with Crippen molar-refractivity contribution in [1.82, 2.24) is 24.8 Å². The molecule has 2 saturated heterocycles. The van der Waals surface area contributed by atoms with Crippen LogP contribution in [0, 0.1) is 23.4 Å². The van der Waals surface area contributed by atoms with Crippen LogP contribution >= 0.6 is 0 Å². The number of carbonyl (C=O) groups excluding carboxylic acids is 3. The number of ketones is 1. The molecule has 0 N–H and O–H groups in total. The number of Topliss-reactive ketones (excluding diaryl/α,β-unsaturated/α-hetero) is 1. The third-order valence-corrected chi connectivity index (χ3v) is 8.19. The van der Waals surface area contributed by atoms with Crippen molar-refractivity contribution < 1.29 is 32.3 Å². The maximum absolute atomic E-state index is 14.5. The number of nitrogens with zero attached hydrogens (tertiary/aromatic N) is 5. The van der Waals surface area contributed by atoms with E-state index in [1.165, 1.54) is 15.8 Å². The molecule has 2 fully saturated rings. The Morgan fingerprint density at radius 2 is 1.55 bits per heavy atom. The number of benzene rings is 2. The second-order valence-corrected chi connectivity index (χ2v) is 12.9. The fraction of sp³-hybridized carbons (Fsp3) is 0.469. The minimum absolute atomic E-state index is 0.0383. The van der Waals surface area contributed by atoms with Crippen molar-refractivity contribution >= 4 is 17.8 Å². The van der Waals surface area contributed by atoms with Crippen molar-refractivity contribution in [3.63, 3.8) is 0 Å². The molecule has 1 aromatic heterocycles. The molecule has 2 aromatic carbocycles. The van der Waals surface area contributed by atoms with E-state index in [0.29, 0.717) is 49.5 Å². The van der Waals surface area contributed by atoms with E-state index in [0.717, 1.165) is 5.56 Å². The van der Waals surface area contributed by atoms with Gasteiger partial charge in [-0.05, 0) is 51.2 Å². The van der Waals surface area contributed by atoms with Gasteiger partial charge in [0.2, 0.25) is 0 Å². The first-order chi connectivity index (χ1) is 20.7. The molecule has 0 unspecified atom stereocenters. The van der Waals surface area contributed by atoms with Gasteiger partial charge in [0, 0.05) is 36.2 Å². The average molecular weight is 612 g/mol. The van der Waals surface area contributed by atoms with Crippen LogP contribution < -0.4 is 0 Å². The van der Waals surface area contributed by atoms with Gasteiger partial charge in [0.15, 0.2) is 23.0 Å². The Balaban J connectivity index is 1.35. The predicted molar refractivity (Wildman–Crippen MR) is 155 cm³/mol. The van der Waals surface area contributed by atoms with Gasteiger partial charge in [-0.1, -0.05) is 43.3 Å². The first kappa shape index (κ1) is 31.2. The van der Waals surface area contributed by atoms with Gasteiger partial charge in [-0.15, -0.1) is 5.10 Å². The van der Waals surface area contributed by atoms with Crippen LogP contribution in [-0.2, 0) is 15.1 Å². The molecule has 12 heteroatoms. The van der Waals surface area contributed by atoms with Crippen LogP contribution in [0.5, 0.6) is 0 Å². The SMILES string of the molecule is CC(C)c1ccc(C(=O)C2CCN(C(=O)C3(n4cc(-c5cc(F)c(F)cc5F)nn4)CN(C(=O)OC(C)(C)C)C3)CC2)cc1. The molecular weight excluding hydrogens is 575 g/mol. The highest BCUT2D eigenvalue weighted by Crippen LogP contribution is 2.35. The summed E-state index contributed by atoms with van der Waals surface area (Å²) in [5, 5.41) is 8.01. The number of aromatic nitrogens is 3. The molecule has 0 saturated carbocycles. The standard InChI is InChI=1S/C32H36F3N5O4/c1-19(2)20-6-8-21(9-7-20)28(41)22-10-12-38(13-11-22)29(42)32(17-39(18-32)30(43)44-31(3,4)5)40-16-27(36-37-40)23-14-25(34)26(35)15-24(23)33/h6-9,14-16,19,22H,10-13,17-18H2,1-5H3. The van der Waals surface area contributed by atoms with Gasteiger partial charge in [-0.2, -0.15) is 0 Å². The van der Waals surface area contributed by atoms with E-state index in [2.05, 4.69) is 24.2 Å². The Morgan fingerprint density at radius 1 is 0.932 bits per heavy atom. The zero-order valence-corrected chi connectivity index (χ0v) is 25.4. The minimum atomic E-state index is -1.39. The number of amides is 2. The smallest absolute Gasteiger partial charge is 0.410 e. The number of ether oxygens (including phenoxy) is 1. The average Bonchev–Trinajstić information content (AvgIpc) is 3.43. The molecule has 0 radical (unpaired) electrons. The predicted octanol–water partition coefficient (Wildman–Crippen LogP) is 5.55. The normalized spacial score (nSPS) is 17.0. The highest BCUT2D eigenvalue weighted by molar-refractivity contribution is 5.98. The molecule has 2 aliphatic rings. The first-order valence-corrected chi connectivity index (χ1v) is 14.7. The summed E-state index contributed by atoms with van der Waals surface area (Å²) >= 11 is 0. The lowest BCUT2D eigenvalue weighted by Gasteiger charge is -2.50. The Hall–Kier alpha value is -4.22. The Morgan fingerprint density at radius 3 is 2.14 bits per heavy atom. The summed E-state index contributed by atoms with van der Waals surface area (Å²) in [7, 11) is 0. The molecule has 9 nitrogen and oxygen atoms in total. The number of piperidine rings is 1. The molecule has 0 atom stereocenters. The molecule has 234 valence electrons. The highest BCUT2D eigenvalue weighted by atomic mass is 19.2. The van der Waals surface area contributed by atoms with Crippen LogP contribution in [0.3, 0.4) is 0 Å². The third kappa shape index (κ3) is 6.07. The number of likely N-dealkylation sites (tertiary alicyclic amines) is 2. The molecule has 2 amide bonds. The second-order valence-electron chi connectivity index (χ2n) is 12.9. The van der Waals surface area contributed by atoms with Crippen LogP contribution in [0.4, 0.5) is 18.0 Å². The lowest BCUT2D eigenvalue weighted by atomic mass is 9.85. The molecule has 0 aliphatic carbocycles. The zero-order chi connectivity index (χ0) is 32.0. The number of carbonyl (C=O) groups is 3. The Labute approximate surface area is 254 Å². The van der Waals surface area contributed by atoms with Crippen LogP contribution in [0.25, 0.3) is 11.3 Å². The molecular formula is C32H36F3N5O4. The summed E-state index contributed by atoms with van der Waals surface area (Å²) in [6.07, 6.45) is 1.61. The van der Waals surface area contributed by atoms with E-state index >= 15 is 0 Å². The Kier molecular flexibility index (Phi) is 8.30. The van der Waals surface area contributed by atoms with Gasteiger partial charge < -0.3 is 14.5 Å². The molecule has 3 heterocycles. The fourth-order valence-electron chi connectivity index (χ4n) is 5.64. The van der Waals surface area contributed by atoms with Gasteiger partial charge in [0.05, 0.1) is 19.3 Å². The second kappa shape index (κ2) is 11.7. The van der Waals surface area contributed by atoms with Gasteiger partial charge in [0.25, 0.3) is 5.91 Å². The Bertz CT molecular complexity index is 1570. The largest absolute Gasteiger partial charge is 0.444 e. The fourth-order valence-corrected chi connectivity index (χ4v) is 5.64. The number of hydrogen-bond donors (Lipinski definition) is 0. The van der Waals surface area contributed by atoms with Gasteiger partial charge in [-0.25, -0.2) is 22.6 Å². The zero-order valence-electron chi connectivity index (χ0n) is 25.4. The van der Waals surface area contributed by atoms with Crippen molar-refractivity contribution in [2.75, 3.05) is 26.2 Å². The summed E-state index contributed by atoms with van der Waals surface area (Å²) in [5.41, 5.74) is -0.772. The van der Waals surface area contributed by atoms with Crippen molar-refractivity contribution in [2.24, 2.45) is 5.92 Å². The topological polar surface area (TPSA) is 97.6 Å². The van der Waals surface area contributed by atoms with Gasteiger partial charge >= 0.3 is 6.09 Å². The van der Waals surface area contributed by atoms with Crippen molar-refractivity contribution in [2.45, 2.75) is 64.5 Å². The summed E-state index contributed by atoms with van der Waals surface area (Å²) in [6, 6.07) is 8.73. The quantitative estimate of drug-likeness (QED) is 0.268. The van der Waals surface area contributed by atoms with Crippen LogP contribution in [-0.4, -0.2) is 74.4 Å². The van der Waals surface area contributed by atoms with Crippen LogP contribution in [0.1, 0.15) is 69.3 Å². The van der Waals surface area contributed by atoms with Crippen LogP contribution in [0.2, 0.25) is 0 Å². The van der Waals surface area contributed by atoms with E-state index in [1.807, 2.05) is 24.3 Å². The summed E-state index contributed by atoms with van der Waals surface area (Å²) in [5.74, 6) is -3.82. The molecule has 44 heavy (non-hydrogen) atoms. The van der Waals surface area contributed by atoms with E-state index in [1.54, 1.807) is 25.7 Å². The lowest BCUT2D eigenvalue weighted by Crippen LogP contribution is -2.71. The lowest BCUT2D eigenvalue weighted by molar-refractivity contribution is -0.152. The van der Waals surface area contributed by atoms with E-state index in [9.17, 15) is 27.6 Å². The van der Waals surface area contributed by atoms with E-state index in [4.69, 9.17) is 4.74 Å². The monoisotopic (exact) mass is 611 g/mol. The molecule has 3 aromatic rings. The van der Waals surface area contributed by atoms with Crippen LogP contribution in [0.15, 0.2) is 42.6 Å². The molecule has 0 bridgehead atoms. The highest BCUT2D eigenvalue weighted by Gasteiger charge is 2.56. The molecule has 5 rings (SSSR count). The van der Waals surface area contributed by atoms with E-state index < -0.39 is 34.7 Å². The maximum atomic E-state index is 14.5. The summed E-state index contributed by atoms with van der Waals surface area (Å²) < 4.78 is 48.7. The van der Waals surface area contributed by atoms with E-state index in [-0.39, 0.29) is 42.0 Å². The summed E-state index contributed by atoms with van der Waals surface area (Å²) in [6.45, 7) is 9.81. The summed E-state index contributed by atoms with van der Waals surface area (Å²) in [4.78, 5) is 43.1. The maximum Gasteiger partial charge on any atom is 0.410 e. The number of halogens is 3. The van der Waals surface area contributed by atoms with Gasteiger partial charge in [-0.3, -0.25) is 9.59 Å². The minimum Gasteiger partial charge on any atom is -0.444 e. The first-order valence-electron chi connectivity index (χ1n) is 14.7. The molecule has 2 aliphatic heterocycles. The number of hydrogen-bond acceptors (Lipinski definition) is 6. The van der Waals surface area contributed by atoms with Crippen molar-refractivity contribution in [3.8, 4) is 11.3 Å². The number of rotatable bonds is 6. The van der Waals surface area contributed by atoms with Gasteiger partial charge in [0.1, 0.15) is 17.1 Å². The molecule has 0 spiro atoms. The van der Waals surface area contributed by atoms with Crippen molar-refractivity contribution in [3.05, 3.63) is 71.2 Å². The third-order valence-electron chi connectivity index (χ3n) is 8.19. The van der Waals surface area contributed by atoms with Crippen molar-refractivity contribution in [1.29, 1.82) is 0 Å².